The Balaban J connectivity index is 2.25. The highest BCUT2D eigenvalue weighted by Crippen LogP contribution is 2.30. The van der Waals surface area contributed by atoms with Gasteiger partial charge in [-0.3, -0.25) is 0 Å². The quantitative estimate of drug-likeness (QED) is 0.722. The number of anilines is 1. The van der Waals surface area contributed by atoms with Gasteiger partial charge in [-0.05, 0) is 31.2 Å². The summed E-state index contributed by atoms with van der Waals surface area (Å²) in [7, 11) is 0. The van der Waals surface area contributed by atoms with Crippen molar-refractivity contribution >= 4 is 28.3 Å². The maximum absolute atomic E-state index is 12.2. The Morgan fingerprint density at radius 3 is 2.71 bits per heavy atom. The second-order valence-electron chi connectivity index (χ2n) is 4.71. The van der Waals surface area contributed by atoms with E-state index in [-0.39, 0.29) is 5.63 Å². The molecule has 0 radical (unpaired) electrons. The van der Waals surface area contributed by atoms with Gasteiger partial charge in [0.1, 0.15) is 5.58 Å². The summed E-state index contributed by atoms with van der Waals surface area (Å²) in [6.45, 7) is 2.74. The van der Waals surface area contributed by atoms with Gasteiger partial charge in [0.25, 0.3) is 0 Å². The Hall–Kier alpha value is -2.26. The first-order valence-corrected chi connectivity index (χ1v) is 7.13. The van der Waals surface area contributed by atoms with Crippen molar-refractivity contribution in [3.63, 3.8) is 0 Å². The predicted octanol–water partition coefficient (Wildman–Crippen LogP) is 4.55. The van der Waals surface area contributed by atoms with Crippen LogP contribution in [-0.2, 0) is 0 Å². The van der Waals surface area contributed by atoms with Crippen LogP contribution in [0.1, 0.15) is 6.92 Å². The molecular weight excluding hydrogens is 286 g/mol. The average molecular weight is 300 g/mol. The van der Waals surface area contributed by atoms with Gasteiger partial charge in [0.2, 0.25) is 0 Å². The fourth-order valence-corrected chi connectivity index (χ4v) is 2.51. The molecule has 0 amide bonds. The lowest BCUT2D eigenvalue weighted by atomic mass is 10.0. The van der Waals surface area contributed by atoms with Crippen molar-refractivity contribution in [1.82, 2.24) is 0 Å². The molecule has 0 aliphatic rings. The first-order chi connectivity index (χ1) is 10.2. The Bertz CT molecular complexity index is 855. The Morgan fingerprint density at radius 1 is 1.10 bits per heavy atom. The summed E-state index contributed by atoms with van der Waals surface area (Å²) >= 11 is 6.03. The molecule has 106 valence electrons. The van der Waals surface area contributed by atoms with E-state index in [1.807, 2.05) is 43.3 Å². The van der Waals surface area contributed by atoms with Crippen molar-refractivity contribution in [2.75, 3.05) is 11.9 Å². The van der Waals surface area contributed by atoms with E-state index in [9.17, 15) is 4.79 Å². The second-order valence-corrected chi connectivity index (χ2v) is 5.14. The number of hydrogen-bond acceptors (Lipinski definition) is 3. The topological polar surface area (TPSA) is 42.2 Å². The van der Waals surface area contributed by atoms with Crippen LogP contribution >= 0.6 is 11.6 Å². The minimum Gasteiger partial charge on any atom is -0.422 e. The highest BCUT2D eigenvalue weighted by atomic mass is 35.5. The van der Waals surface area contributed by atoms with Gasteiger partial charge in [0.05, 0.1) is 5.56 Å². The maximum Gasteiger partial charge on any atom is 0.344 e. The number of nitrogens with one attached hydrogen (secondary N) is 1. The van der Waals surface area contributed by atoms with E-state index in [1.54, 1.807) is 12.1 Å². The summed E-state index contributed by atoms with van der Waals surface area (Å²) in [6.07, 6.45) is 0. The predicted molar refractivity (Wildman–Crippen MR) is 87.1 cm³/mol. The van der Waals surface area contributed by atoms with E-state index >= 15 is 0 Å². The third-order valence-electron chi connectivity index (χ3n) is 3.28. The summed E-state index contributed by atoms with van der Waals surface area (Å²) in [6, 6.07) is 14.7. The lowest BCUT2D eigenvalue weighted by Crippen LogP contribution is -2.06. The van der Waals surface area contributed by atoms with E-state index in [0.29, 0.717) is 16.2 Å². The van der Waals surface area contributed by atoms with Gasteiger partial charge in [-0.25, -0.2) is 4.79 Å². The van der Waals surface area contributed by atoms with Gasteiger partial charge in [-0.15, -0.1) is 0 Å². The molecule has 0 fully saturated rings. The van der Waals surface area contributed by atoms with E-state index in [1.165, 1.54) is 0 Å². The van der Waals surface area contributed by atoms with Crippen molar-refractivity contribution < 1.29 is 4.42 Å². The number of halogens is 1. The van der Waals surface area contributed by atoms with Crippen LogP contribution < -0.4 is 10.9 Å². The summed E-state index contributed by atoms with van der Waals surface area (Å²) in [4.78, 5) is 12.2. The van der Waals surface area contributed by atoms with Crippen LogP contribution in [0.4, 0.5) is 5.69 Å². The van der Waals surface area contributed by atoms with Crippen molar-refractivity contribution in [3.05, 3.63) is 64.0 Å². The first kappa shape index (κ1) is 13.7. The number of para-hydroxylation sites is 1. The lowest BCUT2D eigenvalue weighted by Gasteiger charge is -2.11. The summed E-state index contributed by atoms with van der Waals surface area (Å²) in [5.41, 5.74) is 2.38. The van der Waals surface area contributed by atoms with Crippen LogP contribution in [0.15, 0.2) is 57.7 Å². The van der Waals surface area contributed by atoms with Crippen molar-refractivity contribution in [3.8, 4) is 11.1 Å². The molecule has 4 heteroatoms. The van der Waals surface area contributed by atoms with Crippen LogP contribution in [0.25, 0.3) is 22.1 Å². The van der Waals surface area contributed by atoms with Crippen LogP contribution in [-0.4, -0.2) is 6.54 Å². The number of fused-ring (bicyclic) bond motifs is 1. The van der Waals surface area contributed by atoms with E-state index in [2.05, 4.69) is 5.32 Å². The summed E-state index contributed by atoms with van der Waals surface area (Å²) < 4.78 is 5.39. The summed E-state index contributed by atoms with van der Waals surface area (Å²) in [5, 5.41) is 4.74. The molecule has 0 saturated carbocycles. The number of benzene rings is 2. The van der Waals surface area contributed by atoms with Gasteiger partial charge in [0, 0.05) is 28.2 Å². The van der Waals surface area contributed by atoms with Crippen molar-refractivity contribution in [2.45, 2.75) is 6.92 Å². The average Bonchev–Trinajstić information content (AvgIpc) is 2.47. The van der Waals surface area contributed by atoms with Crippen LogP contribution in [0.5, 0.6) is 0 Å². The largest absolute Gasteiger partial charge is 0.422 e. The highest BCUT2D eigenvalue weighted by Gasteiger charge is 2.12. The highest BCUT2D eigenvalue weighted by molar-refractivity contribution is 6.31. The third-order valence-corrected chi connectivity index (χ3v) is 3.52. The van der Waals surface area contributed by atoms with Crippen LogP contribution in [0, 0.1) is 0 Å². The molecule has 2 aromatic carbocycles. The molecule has 0 saturated heterocycles. The monoisotopic (exact) mass is 299 g/mol. The lowest BCUT2D eigenvalue weighted by molar-refractivity contribution is 0.563. The van der Waals surface area contributed by atoms with Crippen molar-refractivity contribution in [2.24, 2.45) is 0 Å². The van der Waals surface area contributed by atoms with Gasteiger partial charge in [0.15, 0.2) is 0 Å². The summed E-state index contributed by atoms with van der Waals surface area (Å²) in [5.74, 6) is 0. The Labute approximate surface area is 127 Å². The van der Waals surface area contributed by atoms with Crippen molar-refractivity contribution in [1.29, 1.82) is 0 Å². The normalized spacial score (nSPS) is 10.8. The molecule has 3 nitrogen and oxygen atoms in total. The second kappa shape index (κ2) is 5.62. The van der Waals surface area contributed by atoms with Crippen LogP contribution in [0.2, 0.25) is 5.02 Å². The van der Waals surface area contributed by atoms with Gasteiger partial charge >= 0.3 is 5.63 Å². The van der Waals surface area contributed by atoms with Crippen LogP contribution in [0.3, 0.4) is 0 Å². The number of rotatable bonds is 3. The minimum atomic E-state index is -0.352. The smallest absolute Gasteiger partial charge is 0.344 e. The molecule has 0 aliphatic heterocycles. The standard InChI is InChI=1S/C17H14ClNO2/c1-2-19-15-10-12(18)7-8-13(15)14-9-11-5-3-4-6-16(11)21-17(14)20/h3-10,19H,2H2,1H3. The SMILES string of the molecule is CCNc1cc(Cl)ccc1-c1cc2ccccc2oc1=O. The van der Waals surface area contributed by atoms with Gasteiger partial charge in [-0.2, -0.15) is 0 Å². The molecule has 3 aromatic rings. The first-order valence-electron chi connectivity index (χ1n) is 6.75. The molecule has 1 N–H and O–H groups in total. The molecule has 1 aromatic heterocycles. The molecule has 3 rings (SSSR count). The zero-order valence-electron chi connectivity index (χ0n) is 11.5. The van der Waals surface area contributed by atoms with E-state index < -0.39 is 0 Å². The maximum atomic E-state index is 12.2. The number of hydrogen-bond donors (Lipinski definition) is 1. The Morgan fingerprint density at radius 2 is 1.90 bits per heavy atom. The van der Waals surface area contributed by atoms with Gasteiger partial charge in [-0.1, -0.05) is 35.9 Å². The zero-order valence-corrected chi connectivity index (χ0v) is 12.3. The molecule has 0 bridgehead atoms. The molecule has 0 aliphatic carbocycles. The van der Waals surface area contributed by atoms with Gasteiger partial charge < -0.3 is 9.73 Å². The molecule has 1 heterocycles. The molecule has 0 spiro atoms. The van der Waals surface area contributed by atoms with E-state index in [4.69, 9.17) is 16.0 Å². The minimum absolute atomic E-state index is 0.352. The molecule has 0 atom stereocenters. The molecule has 0 unspecified atom stereocenters. The molecular formula is C17H14ClNO2. The third kappa shape index (κ3) is 2.65. The Kier molecular flexibility index (Phi) is 3.67. The fourth-order valence-electron chi connectivity index (χ4n) is 2.34. The molecule has 21 heavy (non-hydrogen) atoms. The van der Waals surface area contributed by atoms with E-state index in [0.717, 1.165) is 23.2 Å². The fraction of sp³-hybridized carbons (Fsp3) is 0.118. The zero-order chi connectivity index (χ0) is 14.8.